The van der Waals surface area contributed by atoms with Crippen LogP contribution in [-0.2, 0) is 17.8 Å². The normalized spacial score (nSPS) is 11.2. The van der Waals surface area contributed by atoms with Crippen molar-refractivity contribution < 1.29 is 23.8 Å². The molecule has 0 radical (unpaired) electrons. The third-order valence-corrected chi connectivity index (χ3v) is 5.72. The highest BCUT2D eigenvalue weighted by molar-refractivity contribution is 6.09. The van der Waals surface area contributed by atoms with E-state index in [2.05, 4.69) is 5.32 Å². The molecule has 37 heavy (non-hydrogen) atoms. The monoisotopic (exact) mass is 500 g/mol. The molecule has 1 amide bonds. The lowest BCUT2D eigenvalue weighted by molar-refractivity contribution is 0.0528. The van der Waals surface area contributed by atoms with Crippen LogP contribution in [0.1, 0.15) is 48.0 Å². The molecule has 0 aliphatic carbocycles. The number of carbonyl (C=O) groups is 2. The molecule has 0 unspecified atom stereocenters. The van der Waals surface area contributed by atoms with Crippen LogP contribution in [0.3, 0.4) is 0 Å². The van der Waals surface area contributed by atoms with Gasteiger partial charge in [0.2, 0.25) is 5.78 Å². The predicted molar refractivity (Wildman–Crippen MR) is 143 cm³/mol. The summed E-state index contributed by atoms with van der Waals surface area (Å²) in [4.78, 5) is 25.7. The molecule has 0 aliphatic rings. The van der Waals surface area contributed by atoms with Crippen molar-refractivity contribution in [3.8, 4) is 11.5 Å². The number of ether oxygens (including phenoxy) is 3. The summed E-state index contributed by atoms with van der Waals surface area (Å²) >= 11 is 0. The van der Waals surface area contributed by atoms with Gasteiger partial charge in [0.15, 0.2) is 0 Å². The fraction of sp³-hybridized carbons (Fsp3) is 0.267. The van der Waals surface area contributed by atoms with Crippen molar-refractivity contribution in [1.29, 1.82) is 0 Å². The number of pyridine rings is 1. The largest absolute Gasteiger partial charge is 0.497 e. The third-order valence-electron chi connectivity index (χ3n) is 5.72. The zero-order valence-electron chi connectivity index (χ0n) is 21.6. The number of alkyl carbamates (subject to hydrolysis) is 1. The maximum Gasteiger partial charge on any atom is 0.407 e. The van der Waals surface area contributed by atoms with Gasteiger partial charge in [-0.05, 0) is 68.7 Å². The van der Waals surface area contributed by atoms with Gasteiger partial charge in [0.05, 0.1) is 18.3 Å². The summed E-state index contributed by atoms with van der Waals surface area (Å²) in [5, 5.41) is 2.79. The minimum Gasteiger partial charge on any atom is -0.497 e. The van der Waals surface area contributed by atoms with E-state index in [1.807, 2.05) is 92.0 Å². The van der Waals surface area contributed by atoms with Gasteiger partial charge in [-0.2, -0.15) is 0 Å². The number of rotatable bonds is 9. The van der Waals surface area contributed by atoms with Crippen molar-refractivity contribution in [2.75, 3.05) is 13.7 Å². The first-order valence-corrected chi connectivity index (χ1v) is 12.2. The molecule has 7 heteroatoms. The highest BCUT2D eigenvalue weighted by Gasteiger charge is 2.21. The number of aromatic nitrogens is 1. The molecule has 2 aromatic carbocycles. The van der Waals surface area contributed by atoms with Crippen LogP contribution >= 0.6 is 0 Å². The number of nitrogens with zero attached hydrogens (tertiary/aromatic N) is 1. The lowest BCUT2D eigenvalue weighted by Crippen LogP contribution is -2.33. The van der Waals surface area contributed by atoms with Gasteiger partial charge in [0.1, 0.15) is 23.7 Å². The molecule has 2 aromatic heterocycles. The van der Waals surface area contributed by atoms with Crippen LogP contribution < -0.4 is 14.8 Å². The van der Waals surface area contributed by atoms with E-state index in [0.29, 0.717) is 36.6 Å². The van der Waals surface area contributed by atoms with Crippen LogP contribution in [0.4, 0.5) is 4.79 Å². The van der Waals surface area contributed by atoms with Crippen molar-refractivity contribution in [2.24, 2.45) is 0 Å². The zero-order chi connectivity index (χ0) is 26.4. The highest BCUT2D eigenvalue weighted by atomic mass is 16.6. The Kier molecular flexibility index (Phi) is 7.82. The van der Waals surface area contributed by atoms with E-state index in [-0.39, 0.29) is 5.78 Å². The topological polar surface area (TPSA) is 78.3 Å². The Labute approximate surface area is 217 Å². The Morgan fingerprint density at radius 3 is 2.35 bits per heavy atom. The second-order valence-corrected chi connectivity index (χ2v) is 9.66. The van der Waals surface area contributed by atoms with Gasteiger partial charge in [-0.1, -0.05) is 42.5 Å². The second-order valence-electron chi connectivity index (χ2n) is 9.66. The Morgan fingerprint density at radius 2 is 1.68 bits per heavy atom. The maximum atomic E-state index is 13.6. The Balaban J connectivity index is 1.62. The molecular weight excluding hydrogens is 468 g/mol. The first-order valence-electron chi connectivity index (χ1n) is 12.2. The first-order chi connectivity index (χ1) is 17.7. The smallest absolute Gasteiger partial charge is 0.407 e. The molecule has 0 saturated heterocycles. The maximum absolute atomic E-state index is 13.6. The zero-order valence-corrected chi connectivity index (χ0v) is 21.6. The van der Waals surface area contributed by atoms with Crippen LogP contribution in [0.15, 0.2) is 79.0 Å². The fourth-order valence-electron chi connectivity index (χ4n) is 4.02. The molecule has 0 saturated carbocycles. The van der Waals surface area contributed by atoms with Gasteiger partial charge < -0.3 is 23.9 Å². The molecular formula is C30H32N2O5. The van der Waals surface area contributed by atoms with Gasteiger partial charge in [0.25, 0.3) is 0 Å². The molecule has 1 N–H and O–H groups in total. The molecule has 0 atom stereocenters. The number of amides is 1. The number of hydrogen-bond acceptors (Lipinski definition) is 5. The fourth-order valence-corrected chi connectivity index (χ4v) is 4.02. The summed E-state index contributed by atoms with van der Waals surface area (Å²) in [7, 11) is 1.63. The van der Waals surface area contributed by atoms with E-state index in [1.165, 1.54) is 0 Å². The molecule has 0 spiro atoms. The number of ketones is 1. The van der Waals surface area contributed by atoms with Gasteiger partial charge >= 0.3 is 6.09 Å². The number of carbonyl (C=O) groups excluding carboxylic acids is 2. The number of fused-ring (bicyclic) bond motifs is 1. The highest BCUT2D eigenvalue weighted by Crippen LogP contribution is 2.28. The SMILES string of the molecule is COc1ccc(COc2cccn3c(C(=O)c4ccccc4)c(CCNC(=O)OC(C)(C)C)cc23)cc1. The molecule has 0 bridgehead atoms. The Morgan fingerprint density at radius 1 is 0.946 bits per heavy atom. The average molecular weight is 501 g/mol. The minimum absolute atomic E-state index is 0.0971. The first kappa shape index (κ1) is 25.8. The molecule has 0 fully saturated rings. The Hall–Kier alpha value is -4.26. The molecule has 2 heterocycles. The number of methoxy groups -OCH3 is 1. The van der Waals surface area contributed by atoms with Crippen molar-refractivity contribution in [3.63, 3.8) is 0 Å². The van der Waals surface area contributed by atoms with E-state index in [1.54, 1.807) is 19.2 Å². The third kappa shape index (κ3) is 6.50. The number of hydrogen-bond donors (Lipinski definition) is 1. The summed E-state index contributed by atoms with van der Waals surface area (Å²) in [6.07, 6.45) is 1.82. The molecule has 0 aliphatic heterocycles. The van der Waals surface area contributed by atoms with E-state index in [9.17, 15) is 9.59 Å². The quantitative estimate of drug-likeness (QED) is 0.293. The van der Waals surface area contributed by atoms with Crippen LogP contribution in [0.25, 0.3) is 5.52 Å². The summed E-state index contributed by atoms with van der Waals surface area (Å²) in [6.45, 7) is 6.14. The average Bonchev–Trinajstić information content (AvgIpc) is 3.25. The van der Waals surface area contributed by atoms with Gasteiger partial charge in [-0.3, -0.25) is 4.79 Å². The second kappa shape index (κ2) is 11.2. The van der Waals surface area contributed by atoms with Crippen LogP contribution in [0.5, 0.6) is 11.5 Å². The predicted octanol–water partition coefficient (Wildman–Crippen LogP) is 5.83. The molecule has 4 aromatic rings. The Bertz CT molecular complexity index is 1370. The summed E-state index contributed by atoms with van der Waals surface area (Å²) in [5.41, 5.74) is 3.14. The van der Waals surface area contributed by atoms with Crippen LogP contribution in [-0.4, -0.2) is 35.5 Å². The summed E-state index contributed by atoms with van der Waals surface area (Å²) in [5.74, 6) is 1.35. The van der Waals surface area contributed by atoms with E-state index in [4.69, 9.17) is 14.2 Å². The van der Waals surface area contributed by atoms with Gasteiger partial charge in [-0.25, -0.2) is 4.79 Å². The molecule has 7 nitrogen and oxygen atoms in total. The lowest BCUT2D eigenvalue weighted by Gasteiger charge is -2.19. The van der Waals surface area contributed by atoms with Crippen molar-refractivity contribution in [1.82, 2.24) is 9.72 Å². The molecule has 4 rings (SSSR count). The van der Waals surface area contributed by atoms with Crippen molar-refractivity contribution in [3.05, 3.63) is 101 Å². The lowest BCUT2D eigenvalue weighted by atomic mass is 10.0. The number of benzene rings is 2. The summed E-state index contributed by atoms with van der Waals surface area (Å²) < 4.78 is 18.6. The van der Waals surface area contributed by atoms with Gasteiger partial charge in [-0.15, -0.1) is 0 Å². The number of nitrogens with one attached hydrogen (secondary N) is 1. The van der Waals surface area contributed by atoms with E-state index >= 15 is 0 Å². The van der Waals surface area contributed by atoms with Crippen molar-refractivity contribution in [2.45, 2.75) is 39.4 Å². The van der Waals surface area contributed by atoms with Crippen LogP contribution in [0, 0.1) is 0 Å². The van der Waals surface area contributed by atoms with E-state index in [0.717, 1.165) is 22.4 Å². The summed E-state index contributed by atoms with van der Waals surface area (Å²) in [6, 6.07) is 22.6. The molecule has 192 valence electrons. The van der Waals surface area contributed by atoms with Gasteiger partial charge in [0, 0.05) is 18.3 Å². The minimum atomic E-state index is -0.584. The standard InChI is InChI=1S/C30H32N2O5/c1-30(2,3)37-29(34)31-17-16-23-19-25-26(36-20-21-12-14-24(35-4)15-13-21)11-8-18-32(25)27(23)28(33)22-9-6-5-7-10-22/h5-15,18-19H,16-17,20H2,1-4H3,(H,31,34). The van der Waals surface area contributed by atoms with Crippen molar-refractivity contribution >= 4 is 17.4 Å². The van der Waals surface area contributed by atoms with E-state index < -0.39 is 11.7 Å². The van der Waals surface area contributed by atoms with Crippen LogP contribution in [0.2, 0.25) is 0 Å².